The van der Waals surface area contributed by atoms with Crippen LogP contribution in [-0.2, 0) is 6.54 Å². The lowest BCUT2D eigenvalue weighted by Gasteiger charge is -2.27. The van der Waals surface area contributed by atoms with Gasteiger partial charge in [-0.05, 0) is 75.4 Å². The Bertz CT molecular complexity index is 391. The van der Waals surface area contributed by atoms with Crippen LogP contribution in [-0.4, -0.2) is 24.5 Å². The van der Waals surface area contributed by atoms with E-state index < -0.39 is 0 Å². The van der Waals surface area contributed by atoms with E-state index >= 15 is 0 Å². The summed E-state index contributed by atoms with van der Waals surface area (Å²) in [4.78, 5) is 2.38. The van der Waals surface area contributed by atoms with Crippen molar-refractivity contribution >= 4 is 31.9 Å². The molecule has 2 nitrogen and oxygen atoms in total. The van der Waals surface area contributed by atoms with Crippen molar-refractivity contribution in [2.75, 3.05) is 13.6 Å². The van der Waals surface area contributed by atoms with Crippen LogP contribution < -0.4 is 5.73 Å². The smallest absolute Gasteiger partial charge is 0.0320 e. The lowest BCUT2D eigenvalue weighted by atomic mass is 10.1. The van der Waals surface area contributed by atoms with Crippen LogP contribution in [0.3, 0.4) is 0 Å². The van der Waals surface area contributed by atoms with E-state index in [1.807, 2.05) is 0 Å². The van der Waals surface area contributed by atoms with Gasteiger partial charge in [-0.1, -0.05) is 6.07 Å². The zero-order valence-electron chi connectivity index (χ0n) is 10.00. The lowest BCUT2D eigenvalue weighted by Crippen LogP contribution is -2.39. The highest BCUT2D eigenvalue weighted by Crippen LogP contribution is 2.35. The molecule has 1 aromatic carbocycles. The minimum Gasteiger partial charge on any atom is -0.329 e. The number of halogens is 2. The fourth-order valence-electron chi connectivity index (χ4n) is 2.26. The first-order chi connectivity index (χ1) is 8.11. The molecule has 0 saturated heterocycles. The van der Waals surface area contributed by atoms with Crippen LogP contribution in [0.5, 0.6) is 0 Å². The Morgan fingerprint density at radius 2 is 2.06 bits per heavy atom. The minimum absolute atomic E-state index is 0.539. The van der Waals surface area contributed by atoms with Gasteiger partial charge in [0.05, 0.1) is 0 Å². The van der Waals surface area contributed by atoms with E-state index in [-0.39, 0.29) is 0 Å². The van der Waals surface area contributed by atoms with E-state index in [2.05, 4.69) is 62.0 Å². The van der Waals surface area contributed by atoms with Crippen LogP contribution in [0.25, 0.3) is 0 Å². The minimum atomic E-state index is 0.539. The van der Waals surface area contributed by atoms with Crippen molar-refractivity contribution < 1.29 is 0 Å². The van der Waals surface area contributed by atoms with Gasteiger partial charge in [-0.25, -0.2) is 0 Å². The number of likely N-dealkylation sites (N-methyl/N-ethyl adjacent to an activating group) is 1. The van der Waals surface area contributed by atoms with Gasteiger partial charge in [0.25, 0.3) is 0 Å². The topological polar surface area (TPSA) is 29.3 Å². The van der Waals surface area contributed by atoms with E-state index in [1.54, 1.807) is 0 Å². The highest BCUT2D eigenvalue weighted by Gasteiger charge is 2.32. The van der Waals surface area contributed by atoms with Crippen LogP contribution in [0, 0.1) is 5.92 Å². The van der Waals surface area contributed by atoms with Gasteiger partial charge in [-0.3, -0.25) is 4.90 Å². The fraction of sp³-hybridized carbons (Fsp3) is 0.538. The van der Waals surface area contributed by atoms with Crippen molar-refractivity contribution in [1.82, 2.24) is 4.90 Å². The molecule has 1 atom stereocenters. The first-order valence-corrected chi connectivity index (χ1v) is 7.54. The summed E-state index contributed by atoms with van der Waals surface area (Å²) in [7, 11) is 2.17. The Morgan fingerprint density at radius 3 is 2.59 bits per heavy atom. The van der Waals surface area contributed by atoms with Crippen LogP contribution in [0.2, 0.25) is 0 Å². The summed E-state index contributed by atoms with van der Waals surface area (Å²) < 4.78 is 2.21. The third-order valence-corrected chi connectivity index (χ3v) is 5.27. The van der Waals surface area contributed by atoms with E-state index in [0.717, 1.165) is 28.0 Å². The van der Waals surface area contributed by atoms with Gasteiger partial charge in [0.2, 0.25) is 0 Å². The molecule has 1 aromatic rings. The second-order valence-electron chi connectivity index (χ2n) is 4.80. The fourth-order valence-corrected chi connectivity index (χ4v) is 2.93. The summed E-state index contributed by atoms with van der Waals surface area (Å²) in [6.45, 7) is 1.73. The highest BCUT2D eigenvalue weighted by molar-refractivity contribution is 9.13. The monoisotopic (exact) mass is 360 g/mol. The van der Waals surface area contributed by atoms with E-state index in [0.29, 0.717) is 6.04 Å². The molecule has 2 N–H and O–H groups in total. The first kappa shape index (κ1) is 13.5. The van der Waals surface area contributed by atoms with Crippen LogP contribution >= 0.6 is 31.9 Å². The van der Waals surface area contributed by atoms with Crippen molar-refractivity contribution in [3.63, 3.8) is 0 Å². The summed E-state index contributed by atoms with van der Waals surface area (Å²) in [6.07, 6.45) is 2.69. The summed E-state index contributed by atoms with van der Waals surface area (Å²) in [6, 6.07) is 6.95. The number of nitrogens with two attached hydrogens (primary N) is 1. The standard InChI is InChI=1S/C13H18Br2N2/c1-17(13(7-16)10-3-4-10)8-9-2-5-11(14)12(15)6-9/h2,5-6,10,13H,3-4,7-8,16H2,1H3. The molecule has 4 heteroatoms. The maximum absolute atomic E-state index is 5.86. The summed E-state index contributed by atoms with van der Waals surface area (Å²) in [5.74, 6) is 0.823. The SMILES string of the molecule is CN(Cc1ccc(Br)c(Br)c1)C(CN)C1CC1. The van der Waals surface area contributed by atoms with E-state index in [1.165, 1.54) is 18.4 Å². The molecule has 1 unspecified atom stereocenters. The molecular weight excluding hydrogens is 344 g/mol. The highest BCUT2D eigenvalue weighted by atomic mass is 79.9. The molecule has 0 bridgehead atoms. The molecule has 1 fully saturated rings. The van der Waals surface area contributed by atoms with Crippen molar-refractivity contribution in [1.29, 1.82) is 0 Å². The van der Waals surface area contributed by atoms with Crippen molar-refractivity contribution in [3.05, 3.63) is 32.7 Å². The maximum atomic E-state index is 5.86. The molecule has 0 heterocycles. The normalized spacial score (nSPS) is 17.5. The van der Waals surface area contributed by atoms with Gasteiger partial charge in [-0.2, -0.15) is 0 Å². The molecule has 1 aliphatic rings. The molecule has 2 rings (SSSR count). The van der Waals surface area contributed by atoms with Gasteiger partial charge >= 0.3 is 0 Å². The molecule has 0 radical (unpaired) electrons. The second-order valence-corrected chi connectivity index (χ2v) is 6.51. The number of rotatable bonds is 5. The lowest BCUT2D eigenvalue weighted by molar-refractivity contribution is 0.215. The quantitative estimate of drug-likeness (QED) is 0.870. The number of hydrogen-bond acceptors (Lipinski definition) is 2. The average Bonchev–Trinajstić information content (AvgIpc) is 3.09. The summed E-state index contributed by atoms with van der Waals surface area (Å²) in [5.41, 5.74) is 7.18. The Labute approximate surface area is 120 Å². The molecule has 1 aliphatic carbocycles. The van der Waals surface area contributed by atoms with Crippen molar-refractivity contribution in [2.45, 2.75) is 25.4 Å². The molecule has 0 aliphatic heterocycles. The largest absolute Gasteiger partial charge is 0.329 e. The Balaban J connectivity index is 2.01. The van der Waals surface area contributed by atoms with Gasteiger partial charge in [0.15, 0.2) is 0 Å². The second kappa shape index (κ2) is 5.83. The van der Waals surface area contributed by atoms with Crippen LogP contribution in [0.15, 0.2) is 27.1 Å². The predicted molar refractivity (Wildman–Crippen MR) is 78.9 cm³/mol. The molecular formula is C13H18Br2N2. The molecule has 0 amide bonds. The molecule has 0 aromatic heterocycles. The summed E-state index contributed by atoms with van der Waals surface area (Å²) >= 11 is 7.03. The molecule has 0 spiro atoms. The zero-order valence-corrected chi connectivity index (χ0v) is 13.2. The molecule has 17 heavy (non-hydrogen) atoms. The van der Waals surface area contributed by atoms with Crippen molar-refractivity contribution in [3.8, 4) is 0 Å². The molecule has 94 valence electrons. The third kappa shape index (κ3) is 3.53. The number of benzene rings is 1. The van der Waals surface area contributed by atoms with Crippen molar-refractivity contribution in [2.24, 2.45) is 11.7 Å². The van der Waals surface area contributed by atoms with Crippen LogP contribution in [0.4, 0.5) is 0 Å². The zero-order chi connectivity index (χ0) is 12.4. The average molecular weight is 362 g/mol. The summed E-state index contributed by atoms with van der Waals surface area (Å²) in [5, 5.41) is 0. The molecule has 1 saturated carbocycles. The first-order valence-electron chi connectivity index (χ1n) is 5.96. The van der Waals surface area contributed by atoms with E-state index in [9.17, 15) is 0 Å². The van der Waals surface area contributed by atoms with E-state index in [4.69, 9.17) is 5.73 Å². The number of nitrogens with zero attached hydrogens (tertiary/aromatic N) is 1. The van der Waals surface area contributed by atoms with Gasteiger partial charge in [-0.15, -0.1) is 0 Å². The number of hydrogen-bond donors (Lipinski definition) is 1. The Morgan fingerprint density at radius 1 is 1.35 bits per heavy atom. The van der Waals surface area contributed by atoms with Gasteiger partial charge in [0.1, 0.15) is 0 Å². The van der Waals surface area contributed by atoms with Gasteiger partial charge < -0.3 is 5.73 Å². The maximum Gasteiger partial charge on any atom is 0.0320 e. The van der Waals surface area contributed by atoms with Gasteiger partial charge in [0, 0.05) is 28.1 Å². The third-order valence-electron chi connectivity index (χ3n) is 3.39. The predicted octanol–water partition coefficient (Wildman–Crippen LogP) is 3.38. The van der Waals surface area contributed by atoms with Crippen LogP contribution in [0.1, 0.15) is 18.4 Å². The Hall–Kier alpha value is 0.1000. The Kier molecular flexibility index (Phi) is 4.64.